The van der Waals surface area contributed by atoms with E-state index in [1.54, 1.807) is 0 Å². The van der Waals surface area contributed by atoms with E-state index in [-0.39, 0.29) is 23.0 Å². The Bertz CT molecular complexity index is 1550. The fraction of sp³-hybridized carbons (Fsp3) is 0.926. The molecule has 5 heteroatoms. The average Bonchev–Trinajstić information content (AvgIpc) is 3.71. The summed E-state index contributed by atoms with van der Waals surface area (Å²) >= 11 is 0. The van der Waals surface area contributed by atoms with Crippen molar-refractivity contribution in [2.24, 2.45) is 92.7 Å². The Balaban J connectivity index is 0.856. The first kappa shape index (κ1) is 44.9. The molecule has 0 spiro atoms. The Morgan fingerprint density at radius 1 is 0.542 bits per heavy atom. The van der Waals surface area contributed by atoms with Gasteiger partial charge in [-0.05, 0) is 195 Å². The molecule has 8 aliphatic carbocycles. The van der Waals surface area contributed by atoms with E-state index in [4.69, 9.17) is 8.37 Å². The highest BCUT2D eigenvalue weighted by molar-refractivity contribution is 7.81. The first-order valence-corrected chi connectivity index (χ1v) is 27.2. The van der Waals surface area contributed by atoms with E-state index in [1.807, 2.05) is 0 Å². The van der Waals surface area contributed by atoms with Crippen LogP contribution in [0.3, 0.4) is 0 Å². The van der Waals surface area contributed by atoms with Crippen molar-refractivity contribution in [1.82, 2.24) is 0 Å². The van der Waals surface area contributed by atoms with Crippen molar-refractivity contribution in [1.29, 1.82) is 0 Å². The third-order valence-corrected chi connectivity index (χ3v) is 22.0. The van der Waals surface area contributed by atoms with Gasteiger partial charge in [0.2, 0.25) is 0 Å². The smallest absolute Gasteiger partial charge is 0.245 e. The molecule has 0 aromatic heterocycles. The second-order valence-corrected chi connectivity index (χ2v) is 26.1. The predicted molar refractivity (Wildman–Crippen MR) is 245 cm³/mol. The predicted octanol–water partition coefficient (Wildman–Crippen LogP) is 15.1. The van der Waals surface area contributed by atoms with Crippen LogP contribution in [0.5, 0.6) is 0 Å². The van der Waals surface area contributed by atoms with Crippen LogP contribution in [0, 0.1) is 92.7 Å². The molecule has 8 aliphatic rings. The molecule has 0 unspecified atom stereocenters. The highest BCUT2D eigenvalue weighted by atomic mass is 32.3. The molecular weight excluding hydrogens is 745 g/mol. The monoisotopic (exact) mass is 835 g/mol. The van der Waals surface area contributed by atoms with Gasteiger partial charge in [-0.1, -0.05) is 131 Å². The standard InChI is InChI=1S/C54H90O4S/c1-35(2)13-11-15-37(5)45-21-23-47-43-19-17-39-33-41(25-29-51(39,7)49(43)27-31-53(45,47)9)57-59(55,56)58-42-26-30-52(8)40(34-42)18-20-44-48-24-22-46(38(6)16-12-14-36(3)4)54(48,10)32-28-50(44)52/h17-18,35-38,41-50H,11-16,19-34H2,1-10H3/t37-,38+,41-,42-,43-,44+,45+,46-,47-,48+,49+,50+,51+,52-,53-,54+/m0/s1. The molecule has 6 saturated carbocycles. The topological polar surface area (TPSA) is 52.6 Å². The molecule has 336 valence electrons. The van der Waals surface area contributed by atoms with Crippen LogP contribution in [-0.2, 0) is 18.8 Å². The van der Waals surface area contributed by atoms with Gasteiger partial charge in [-0.3, -0.25) is 0 Å². The Morgan fingerprint density at radius 3 is 1.34 bits per heavy atom. The molecule has 0 radical (unpaired) electrons. The van der Waals surface area contributed by atoms with Gasteiger partial charge in [0.15, 0.2) is 0 Å². The summed E-state index contributed by atoms with van der Waals surface area (Å²) in [5, 5.41) is 0. The summed E-state index contributed by atoms with van der Waals surface area (Å²) < 4.78 is 39.5. The van der Waals surface area contributed by atoms with Gasteiger partial charge in [0, 0.05) is 0 Å². The van der Waals surface area contributed by atoms with Gasteiger partial charge in [0.25, 0.3) is 0 Å². The highest BCUT2D eigenvalue weighted by Gasteiger charge is 2.61. The quantitative estimate of drug-likeness (QED) is 0.164. The van der Waals surface area contributed by atoms with Gasteiger partial charge >= 0.3 is 10.4 Å². The summed E-state index contributed by atoms with van der Waals surface area (Å²) in [6.45, 7) is 25.1. The van der Waals surface area contributed by atoms with E-state index >= 15 is 0 Å². The molecule has 0 saturated heterocycles. The SMILES string of the molecule is CC(C)CCC[C@@H](C)[C@@H]1CC[C@@H]2[C@H]3CC=C4C[C@@H](OS(=O)(=O)O[C@H]5CC[C@]6(C)C(=CC[C@@H]7[C@H]6CC[C@@]6(C)[C@@H]([C@@H](C)CCCC(C)C)CC[C@@H]76)C5)CC[C@]4(C)[C@@H]3CC[C@@]21C. The lowest BCUT2D eigenvalue weighted by molar-refractivity contribution is -0.0589. The minimum atomic E-state index is -4.09. The number of hydrogen-bond acceptors (Lipinski definition) is 4. The molecule has 0 amide bonds. The van der Waals surface area contributed by atoms with Gasteiger partial charge < -0.3 is 0 Å². The van der Waals surface area contributed by atoms with E-state index in [2.05, 4.69) is 81.4 Å². The molecule has 0 aromatic carbocycles. The largest absolute Gasteiger partial charge is 0.400 e. The van der Waals surface area contributed by atoms with Crippen LogP contribution < -0.4 is 0 Å². The lowest BCUT2D eigenvalue weighted by atomic mass is 9.47. The van der Waals surface area contributed by atoms with E-state index in [1.165, 1.54) is 114 Å². The van der Waals surface area contributed by atoms with Crippen LogP contribution in [0.1, 0.15) is 210 Å². The molecule has 0 aliphatic heterocycles. The summed E-state index contributed by atoms with van der Waals surface area (Å²) in [6.07, 6.45) is 31.4. The Labute approximate surface area is 364 Å². The molecule has 0 N–H and O–H groups in total. The van der Waals surface area contributed by atoms with E-state index < -0.39 is 10.4 Å². The van der Waals surface area contributed by atoms with E-state index in [0.29, 0.717) is 10.8 Å². The summed E-state index contributed by atoms with van der Waals surface area (Å²) in [5.41, 5.74) is 4.30. The van der Waals surface area contributed by atoms with Crippen molar-refractivity contribution in [3.05, 3.63) is 23.3 Å². The molecule has 0 bridgehead atoms. The summed E-state index contributed by atoms with van der Waals surface area (Å²) in [4.78, 5) is 0. The van der Waals surface area contributed by atoms with Crippen LogP contribution in [0.25, 0.3) is 0 Å². The molecule has 6 fully saturated rings. The Morgan fingerprint density at radius 2 is 0.949 bits per heavy atom. The summed E-state index contributed by atoms with van der Waals surface area (Å²) in [7, 11) is -4.09. The number of fused-ring (bicyclic) bond motifs is 10. The van der Waals surface area contributed by atoms with Crippen molar-refractivity contribution in [2.45, 2.75) is 223 Å². The number of allylic oxidation sites excluding steroid dienone is 2. The fourth-order valence-corrected chi connectivity index (χ4v) is 18.9. The van der Waals surface area contributed by atoms with Gasteiger partial charge in [0.05, 0.1) is 12.2 Å². The Hall–Kier alpha value is -0.650. The molecule has 0 aromatic rings. The lowest BCUT2D eigenvalue weighted by Crippen LogP contribution is -2.51. The third-order valence-electron chi connectivity index (χ3n) is 21.0. The first-order chi connectivity index (χ1) is 27.9. The second kappa shape index (κ2) is 17.0. The third kappa shape index (κ3) is 8.32. The van der Waals surface area contributed by atoms with Gasteiger partial charge in [-0.2, -0.15) is 8.42 Å². The zero-order chi connectivity index (χ0) is 42.1. The maximum Gasteiger partial charge on any atom is 0.400 e. The van der Waals surface area contributed by atoms with E-state index in [9.17, 15) is 8.42 Å². The summed E-state index contributed by atoms with van der Waals surface area (Å²) in [5.74, 6) is 9.72. The van der Waals surface area contributed by atoms with E-state index in [0.717, 1.165) is 110 Å². The van der Waals surface area contributed by atoms with Gasteiger partial charge in [0.1, 0.15) is 0 Å². The van der Waals surface area contributed by atoms with Crippen LogP contribution in [0.2, 0.25) is 0 Å². The molecular formula is C54H90O4S. The fourth-order valence-electron chi connectivity index (χ4n) is 17.8. The average molecular weight is 835 g/mol. The maximum absolute atomic E-state index is 13.7. The normalized spacial score (nSPS) is 45.4. The first-order valence-electron chi connectivity index (χ1n) is 25.9. The molecule has 8 rings (SSSR count). The van der Waals surface area contributed by atoms with Crippen LogP contribution in [-0.4, -0.2) is 20.6 Å². The minimum absolute atomic E-state index is 0.177. The maximum atomic E-state index is 13.7. The van der Waals surface area contributed by atoms with Crippen molar-refractivity contribution in [3.63, 3.8) is 0 Å². The van der Waals surface area contributed by atoms with Crippen molar-refractivity contribution >= 4 is 10.4 Å². The van der Waals surface area contributed by atoms with Crippen molar-refractivity contribution < 1.29 is 16.8 Å². The lowest BCUT2D eigenvalue weighted by Gasteiger charge is -2.58. The Kier molecular flexibility index (Phi) is 13.0. The number of hydrogen-bond donors (Lipinski definition) is 0. The molecule has 16 atom stereocenters. The molecule has 0 heterocycles. The van der Waals surface area contributed by atoms with Crippen molar-refractivity contribution in [3.8, 4) is 0 Å². The van der Waals surface area contributed by atoms with Gasteiger partial charge in [-0.25, -0.2) is 8.37 Å². The zero-order valence-corrected chi connectivity index (χ0v) is 40.7. The summed E-state index contributed by atoms with van der Waals surface area (Å²) in [6, 6.07) is 0. The van der Waals surface area contributed by atoms with Crippen molar-refractivity contribution in [2.75, 3.05) is 0 Å². The zero-order valence-electron chi connectivity index (χ0n) is 39.8. The minimum Gasteiger partial charge on any atom is -0.245 e. The molecule has 4 nitrogen and oxygen atoms in total. The second-order valence-electron chi connectivity index (χ2n) is 24.9. The number of rotatable bonds is 14. The van der Waals surface area contributed by atoms with Gasteiger partial charge in [-0.15, -0.1) is 0 Å². The van der Waals surface area contributed by atoms with Crippen LogP contribution in [0.15, 0.2) is 23.3 Å². The highest BCUT2D eigenvalue weighted by Crippen LogP contribution is 2.69. The molecule has 59 heavy (non-hydrogen) atoms. The van der Waals surface area contributed by atoms with Crippen LogP contribution in [0.4, 0.5) is 0 Å². The van der Waals surface area contributed by atoms with Crippen LogP contribution >= 0.6 is 0 Å².